The zero-order valence-electron chi connectivity index (χ0n) is 11.1. The molecule has 0 saturated carbocycles. The molecule has 0 N–H and O–H groups in total. The molecule has 98 valence electrons. The maximum atomic E-state index is 12.0. The lowest BCUT2D eigenvalue weighted by Gasteiger charge is -2.21. The predicted octanol–water partition coefficient (Wildman–Crippen LogP) is 2.86. The molecular weight excluding hydrogens is 240 g/mol. The van der Waals surface area contributed by atoms with Gasteiger partial charge in [0.2, 0.25) is 0 Å². The fourth-order valence-corrected chi connectivity index (χ4v) is 2.03. The molecule has 2 aromatic carbocycles. The molecule has 3 nitrogen and oxygen atoms in total. The molecule has 0 aromatic heterocycles. The van der Waals surface area contributed by atoms with Crippen molar-refractivity contribution in [2.75, 3.05) is 6.61 Å². The summed E-state index contributed by atoms with van der Waals surface area (Å²) < 4.78 is 4.99. The van der Waals surface area contributed by atoms with E-state index < -0.39 is 11.4 Å². The number of hydrogen-bond donors (Lipinski definition) is 0. The lowest BCUT2D eigenvalue weighted by molar-refractivity contribution is -0.150. The standard InChI is InChI=1S/C16H16O3/c1-3-19-15(18)16(2,11-17)14-9-8-12-6-4-5-7-13(12)10-14/h4-11H,3H2,1-2H3/t16-/m1/s1. The van der Waals surface area contributed by atoms with E-state index >= 15 is 0 Å². The normalized spacial score (nSPS) is 13.8. The Labute approximate surface area is 112 Å². The maximum Gasteiger partial charge on any atom is 0.323 e. The van der Waals surface area contributed by atoms with E-state index in [0.29, 0.717) is 11.8 Å². The zero-order valence-corrected chi connectivity index (χ0v) is 11.1. The second kappa shape index (κ2) is 5.22. The van der Waals surface area contributed by atoms with Crippen LogP contribution in [0, 0.1) is 0 Å². The molecule has 0 aliphatic carbocycles. The van der Waals surface area contributed by atoms with Crippen LogP contribution < -0.4 is 0 Å². The largest absolute Gasteiger partial charge is 0.465 e. The Morgan fingerprint density at radius 1 is 1.21 bits per heavy atom. The number of ether oxygens (including phenoxy) is 1. The number of rotatable bonds is 4. The third kappa shape index (κ3) is 2.36. The van der Waals surface area contributed by atoms with Crippen LogP contribution in [0.2, 0.25) is 0 Å². The second-order valence-corrected chi connectivity index (χ2v) is 4.60. The van der Waals surface area contributed by atoms with Crippen LogP contribution in [0.4, 0.5) is 0 Å². The number of esters is 1. The van der Waals surface area contributed by atoms with Crippen LogP contribution in [0.3, 0.4) is 0 Å². The average Bonchev–Trinajstić information content (AvgIpc) is 2.46. The summed E-state index contributed by atoms with van der Waals surface area (Å²) >= 11 is 0. The summed E-state index contributed by atoms with van der Waals surface area (Å²) in [5.41, 5.74) is -0.598. The maximum absolute atomic E-state index is 12.0. The van der Waals surface area contributed by atoms with Crippen LogP contribution in [0.5, 0.6) is 0 Å². The van der Waals surface area contributed by atoms with Gasteiger partial charge < -0.3 is 9.53 Å². The third-order valence-corrected chi connectivity index (χ3v) is 3.28. The minimum absolute atomic E-state index is 0.260. The third-order valence-electron chi connectivity index (χ3n) is 3.28. The van der Waals surface area contributed by atoms with Crippen molar-refractivity contribution in [2.24, 2.45) is 0 Å². The van der Waals surface area contributed by atoms with E-state index in [1.54, 1.807) is 19.9 Å². The quantitative estimate of drug-likeness (QED) is 0.480. The lowest BCUT2D eigenvalue weighted by atomic mass is 9.83. The van der Waals surface area contributed by atoms with Gasteiger partial charge in [-0.1, -0.05) is 36.4 Å². The van der Waals surface area contributed by atoms with Crippen LogP contribution in [0.1, 0.15) is 19.4 Å². The van der Waals surface area contributed by atoms with Gasteiger partial charge in [-0.2, -0.15) is 0 Å². The highest BCUT2D eigenvalue weighted by Gasteiger charge is 2.36. The van der Waals surface area contributed by atoms with E-state index in [1.165, 1.54) is 0 Å². The molecule has 0 fully saturated rings. The number of hydrogen-bond acceptors (Lipinski definition) is 3. The van der Waals surface area contributed by atoms with Crippen LogP contribution in [0.15, 0.2) is 42.5 Å². The molecule has 0 aliphatic rings. The summed E-state index contributed by atoms with van der Waals surface area (Å²) in [4.78, 5) is 23.4. The minimum atomic E-state index is -1.25. The molecule has 0 aliphatic heterocycles. The molecule has 0 bridgehead atoms. The van der Waals surface area contributed by atoms with Gasteiger partial charge in [0.15, 0.2) is 0 Å². The second-order valence-electron chi connectivity index (χ2n) is 4.60. The van der Waals surface area contributed by atoms with Crippen molar-refractivity contribution < 1.29 is 14.3 Å². The first-order valence-corrected chi connectivity index (χ1v) is 6.24. The van der Waals surface area contributed by atoms with Gasteiger partial charge in [-0.25, -0.2) is 0 Å². The smallest absolute Gasteiger partial charge is 0.323 e. The summed E-state index contributed by atoms with van der Waals surface area (Å²) in [6.07, 6.45) is 0.648. The van der Waals surface area contributed by atoms with Crippen molar-refractivity contribution in [1.82, 2.24) is 0 Å². The molecule has 0 unspecified atom stereocenters. The van der Waals surface area contributed by atoms with E-state index in [4.69, 9.17) is 4.74 Å². The minimum Gasteiger partial charge on any atom is -0.465 e. The van der Waals surface area contributed by atoms with Crippen LogP contribution >= 0.6 is 0 Å². The van der Waals surface area contributed by atoms with Gasteiger partial charge in [-0.05, 0) is 36.2 Å². The summed E-state index contributed by atoms with van der Waals surface area (Å²) in [5.74, 6) is -0.514. The molecule has 1 atom stereocenters. The topological polar surface area (TPSA) is 43.4 Å². The fourth-order valence-electron chi connectivity index (χ4n) is 2.03. The first-order chi connectivity index (χ1) is 9.11. The molecule has 0 amide bonds. The van der Waals surface area contributed by atoms with Gasteiger partial charge in [0, 0.05) is 0 Å². The van der Waals surface area contributed by atoms with Crippen molar-refractivity contribution in [3.63, 3.8) is 0 Å². The Kier molecular flexibility index (Phi) is 3.65. The Balaban J connectivity index is 2.51. The Hall–Kier alpha value is -2.16. The molecular formula is C16H16O3. The van der Waals surface area contributed by atoms with Crippen LogP contribution in [-0.4, -0.2) is 18.9 Å². The number of fused-ring (bicyclic) bond motifs is 1. The Morgan fingerprint density at radius 3 is 2.53 bits per heavy atom. The van der Waals surface area contributed by atoms with E-state index in [1.807, 2.05) is 36.4 Å². The predicted molar refractivity (Wildman–Crippen MR) is 74.0 cm³/mol. The average molecular weight is 256 g/mol. The summed E-state index contributed by atoms with van der Waals surface area (Å²) in [5, 5.41) is 2.07. The molecule has 19 heavy (non-hydrogen) atoms. The number of aldehydes is 1. The van der Waals surface area contributed by atoms with Gasteiger partial charge in [-0.3, -0.25) is 4.79 Å². The molecule has 0 radical (unpaired) electrons. The first kappa shape index (κ1) is 13.3. The van der Waals surface area contributed by atoms with Gasteiger partial charge in [0.1, 0.15) is 11.7 Å². The lowest BCUT2D eigenvalue weighted by Crippen LogP contribution is -2.36. The Morgan fingerprint density at radius 2 is 1.89 bits per heavy atom. The van der Waals surface area contributed by atoms with Crippen molar-refractivity contribution in [3.05, 3.63) is 48.0 Å². The van der Waals surface area contributed by atoms with E-state index in [0.717, 1.165) is 10.8 Å². The molecule has 3 heteroatoms. The number of carbonyl (C=O) groups excluding carboxylic acids is 2. The molecule has 0 saturated heterocycles. The summed E-state index contributed by atoms with van der Waals surface area (Å²) in [6.45, 7) is 3.57. The summed E-state index contributed by atoms with van der Waals surface area (Å²) in [6, 6.07) is 13.4. The van der Waals surface area contributed by atoms with Crippen molar-refractivity contribution in [2.45, 2.75) is 19.3 Å². The van der Waals surface area contributed by atoms with E-state index in [-0.39, 0.29) is 6.61 Å². The van der Waals surface area contributed by atoms with Crippen molar-refractivity contribution >= 4 is 23.0 Å². The highest BCUT2D eigenvalue weighted by Crippen LogP contribution is 2.26. The van der Waals surface area contributed by atoms with Gasteiger partial charge in [0.25, 0.3) is 0 Å². The zero-order chi connectivity index (χ0) is 13.9. The fraction of sp³-hybridized carbons (Fsp3) is 0.250. The SMILES string of the molecule is CCOC(=O)[C@](C)(C=O)c1ccc2ccccc2c1. The van der Waals surface area contributed by atoms with Crippen molar-refractivity contribution in [1.29, 1.82) is 0 Å². The molecule has 2 aromatic rings. The van der Waals surface area contributed by atoms with Gasteiger partial charge >= 0.3 is 5.97 Å². The van der Waals surface area contributed by atoms with E-state index in [2.05, 4.69) is 0 Å². The monoisotopic (exact) mass is 256 g/mol. The van der Waals surface area contributed by atoms with Gasteiger partial charge in [-0.15, -0.1) is 0 Å². The van der Waals surface area contributed by atoms with Crippen molar-refractivity contribution in [3.8, 4) is 0 Å². The highest BCUT2D eigenvalue weighted by atomic mass is 16.5. The van der Waals surface area contributed by atoms with E-state index in [9.17, 15) is 9.59 Å². The summed E-state index contributed by atoms with van der Waals surface area (Å²) in [7, 11) is 0. The highest BCUT2D eigenvalue weighted by molar-refractivity contribution is 6.00. The molecule has 2 rings (SSSR count). The molecule has 0 heterocycles. The number of carbonyl (C=O) groups is 2. The number of benzene rings is 2. The Bertz CT molecular complexity index is 618. The van der Waals surface area contributed by atoms with Gasteiger partial charge in [0.05, 0.1) is 6.61 Å². The van der Waals surface area contributed by atoms with Crippen LogP contribution in [-0.2, 0) is 19.7 Å². The first-order valence-electron chi connectivity index (χ1n) is 6.24. The van der Waals surface area contributed by atoms with Crippen LogP contribution in [0.25, 0.3) is 10.8 Å². The molecule has 0 spiro atoms.